The highest BCUT2D eigenvalue weighted by molar-refractivity contribution is 7.99. The standard InChI is InChI=1S/C24H25N5O3S/c1-14(2)13-33-24-26-22-21(27-28-24)19-7-5-6-8-20(19)29(16(4)31)23(32-22)17-9-11-18(12-10-17)25-15(3)30/h5-12,14,23H,13H2,1-4H3,(H,25,30). The second-order valence-corrected chi connectivity index (χ2v) is 9.12. The third-order valence-electron chi connectivity index (χ3n) is 4.91. The number of fused-ring (bicyclic) bond motifs is 3. The highest BCUT2D eigenvalue weighted by Crippen LogP contribution is 2.43. The van der Waals surface area contributed by atoms with E-state index in [9.17, 15) is 9.59 Å². The van der Waals surface area contributed by atoms with Crippen molar-refractivity contribution in [1.29, 1.82) is 0 Å². The zero-order chi connectivity index (χ0) is 23.5. The highest BCUT2D eigenvalue weighted by atomic mass is 32.2. The second-order valence-electron chi connectivity index (χ2n) is 8.13. The van der Waals surface area contributed by atoms with Crippen LogP contribution in [0.15, 0.2) is 53.7 Å². The molecule has 2 amide bonds. The first-order valence-electron chi connectivity index (χ1n) is 10.6. The summed E-state index contributed by atoms with van der Waals surface area (Å²) in [6, 6.07) is 14.7. The van der Waals surface area contributed by atoms with E-state index in [-0.39, 0.29) is 11.8 Å². The van der Waals surface area contributed by atoms with E-state index in [0.29, 0.717) is 34.0 Å². The van der Waals surface area contributed by atoms with Gasteiger partial charge in [-0.1, -0.05) is 55.9 Å². The van der Waals surface area contributed by atoms with Crippen molar-refractivity contribution in [2.75, 3.05) is 16.0 Å². The van der Waals surface area contributed by atoms with Crippen LogP contribution in [0.1, 0.15) is 39.5 Å². The summed E-state index contributed by atoms with van der Waals surface area (Å²) >= 11 is 1.52. The third kappa shape index (κ3) is 4.98. The van der Waals surface area contributed by atoms with Crippen molar-refractivity contribution in [3.63, 3.8) is 0 Å². The molecule has 0 aliphatic carbocycles. The summed E-state index contributed by atoms with van der Waals surface area (Å²) in [5.41, 5.74) is 3.27. The van der Waals surface area contributed by atoms with Crippen molar-refractivity contribution < 1.29 is 14.3 Å². The van der Waals surface area contributed by atoms with Gasteiger partial charge in [0, 0.05) is 36.4 Å². The molecule has 0 radical (unpaired) electrons. The summed E-state index contributed by atoms with van der Waals surface area (Å²) in [7, 11) is 0. The summed E-state index contributed by atoms with van der Waals surface area (Å²) in [5.74, 6) is 1.31. The quantitative estimate of drug-likeness (QED) is 0.548. The number of carbonyl (C=O) groups excluding carboxylic acids is 2. The van der Waals surface area contributed by atoms with Crippen LogP contribution in [0.4, 0.5) is 11.4 Å². The van der Waals surface area contributed by atoms with E-state index in [1.165, 1.54) is 25.6 Å². The van der Waals surface area contributed by atoms with E-state index in [0.717, 1.165) is 16.9 Å². The van der Waals surface area contributed by atoms with Crippen molar-refractivity contribution in [3.05, 3.63) is 54.1 Å². The molecule has 8 nitrogen and oxygen atoms in total. The number of nitrogens with one attached hydrogen (secondary N) is 1. The highest BCUT2D eigenvalue weighted by Gasteiger charge is 2.34. The molecule has 9 heteroatoms. The monoisotopic (exact) mass is 463 g/mol. The van der Waals surface area contributed by atoms with Gasteiger partial charge in [-0.25, -0.2) is 0 Å². The lowest BCUT2D eigenvalue weighted by Gasteiger charge is -2.30. The molecule has 0 saturated heterocycles. The number of anilines is 2. The zero-order valence-corrected chi connectivity index (χ0v) is 19.7. The minimum atomic E-state index is -0.768. The minimum Gasteiger partial charge on any atom is -0.447 e. The molecular formula is C24H25N5O3S. The third-order valence-corrected chi connectivity index (χ3v) is 6.18. The number of rotatable bonds is 5. The molecule has 1 atom stereocenters. The van der Waals surface area contributed by atoms with Crippen molar-refractivity contribution in [1.82, 2.24) is 15.2 Å². The molecule has 0 bridgehead atoms. The van der Waals surface area contributed by atoms with Crippen LogP contribution < -0.4 is 15.0 Å². The summed E-state index contributed by atoms with van der Waals surface area (Å²) in [6.45, 7) is 7.21. The Bertz CT molecular complexity index is 1180. The molecule has 2 aromatic carbocycles. The summed E-state index contributed by atoms with van der Waals surface area (Å²) in [4.78, 5) is 30.4. The largest absolute Gasteiger partial charge is 0.447 e. The molecule has 0 fully saturated rings. The number of nitrogens with zero attached hydrogens (tertiary/aromatic N) is 4. The summed E-state index contributed by atoms with van der Waals surface area (Å²) < 4.78 is 6.36. The van der Waals surface area contributed by atoms with E-state index >= 15 is 0 Å². The number of aromatic nitrogens is 3. The molecule has 1 N–H and O–H groups in total. The molecule has 33 heavy (non-hydrogen) atoms. The maximum absolute atomic E-state index is 12.8. The van der Waals surface area contributed by atoms with Gasteiger partial charge in [0.05, 0.1) is 5.69 Å². The van der Waals surface area contributed by atoms with Crippen LogP contribution in [0.3, 0.4) is 0 Å². The fraction of sp³-hybridized carbons (Fsp3) is 0.292. The lowest BCUT2D eigenvalue weighted by atomic mass is 10.1. The molecule has 2 heterocycles. The first-order chi connectivity index (χ1) is 15.8. The number of amides is 2. The number of benzene rings is 2. The Labute approximate surface area is 196 Å². The van der Waals surface area contributed by atoms with Crippen LogP contribution in [-0.2, 0) is 9.59 Å². The van der Waals surface area contributed by atoms with Gasteiger partial charge in [0.2, 0.25) is 29.1 Å². The van der Waals surface area contributed by atoms with Gasteiger partial charge < -0.3 is 10.1 Å². The zero-order valence-electron chi connectivity index (χ0n) is 18.9. The Kier molecular flexibility index (Phi) is 6.60. The number of hydrogen-bond donors (Lipinski definition) is 1. The molecule has 4 rings (SSSR count). The van der Waals surface area contributed by atoms with E-state index < -0.39 is 6.23 Å². The average Bonchev–Trinajstić information content (AvgIpc) is 2.92. The second kappa shape index (κ2) is 9.58. The normalized spacial score (nSPS) is 14.7. The van der Waals surface area contributed by atoms with Gasteiger partial charge in [0.25, 0.3) is 0 Å². The molecule has 0 saturated carbocycles. The van der Waals surface area contributed by atoms with Crippen molar-refractivity contribution in [2.24, 2.45) is 5.92 Å². The number of para-hydroxylation sites is 1. The summed E-state index contributed by atoms with van der Waals surface area (Å²) in [6.07, 6.45) is -0.768. The Hall–Kier alpha value is -3.46. The van der Waals surface area contributed by atoms with E-state index in [4.69, 9.17) is 4.74 Å². The molecule has 3 aromatic rings. The predicted octanol–water partition coefficient (Wildman–Crippen LogP) is 4.69. The number of carbonyl (C=O) groups is 2. The summed E-state index contributed by atoms with van der Waals surface area (Å²) in [5, 5.41) is 12.0. The minimum absolute atomic E-state index is 0.157. The van der Waals surface area contributed by atoms with E-state index in [2.05, 4.69) is 34.3 Å². The molecular weight excluding hydrogens is 438 g/mol. The lowest BCUT2D eigenvalue weighted by Crippen LogP contribution is -2.36. The fourth-order valence-electron chi connectivity index (χ4n) is 3.51. The van der Waals surface area contributed by atoms with Crippen LogP contribution in [-0.4, -0.2) is 32.7 Å². The number of hydrogen-bond acceptors (Lipinski definition) is 7. The number of thioether (sulfide) groups is 1. The first kappa shape index (κ1) is 22.7. The lowest BCUT2D eigenvalue weighted by molar-refractivity contribution is -0.118. The van der Waals surface area contributed by atoms with Gasteiger partial charge in [-0.15, -0.1) is 10.2 Å². The first-order valence-corrected chi connectivity index (χ1v) is 11.6. The van der Waals surface area contributed by atoms with Gasteiger partial charge in [0.15, 0.2) is 5.69 Å². The Morgan fingerprint density at radius 1 is 1.09 bits per heavy atom. The molecule has 0 spiro atoms. The Morgan fingerprint density at radius 3 is 2.48 bits per heavy atom. The van der Waals surface area contributed by atoms with Crippen molar-refractivity contribution >= 4 is 35.0 Å². The van der Waals surface area contributed by atoms with Gasteiger partial charge in [0.1, 0.15) is 0 Å². The SMILES string of the molecule is CC(=O)Nc1ccc(C2Oc3nc(SCC(C)C)nnc3-c3ccccc3N2C(C)=O)cc1. The van der Waals surface area contributed by atoms with Crippen LogP contribution in [0, 0.1) is 5.92 Å². The maximum Gasteiger partial charge on any atom is 0.247 e. The molecule has 1 aromatic heterocycles. The Morgan fingerprint density at radius 2 is 1.82 bits per heavy atom. The van der Waals surface area contributed by atoms with Crippen molar-refractivity contribution in [3.8, 4) is 17.1 Å². The van der Waals surface area contributed by atoms with Crippen LogP contribution in [0.2, 0.25) is 0 Å². The van der Waals surface area contributed by atoms with Crippen molar-refractivity contribution in [2.45, 2.75) is 39.1 Å². The van der Waals surface area contributed by atoms with Crippen LogP contribution in [0.5, 0.6) is 5.88 Å². The molecule has 1 aliphatic heterocycles. The smallest absolute Gasteiger partial charge is 0.247 e. The molecule has 170 valence electrons. The van der Waals surface area contributed by atoms with Crippen LogP contribution in [0.25, 0.3) is 11.3 Å². The van der Waals surface area contributed by atoms with Gasteiger partial charge >= 0.3 is 0 Å². The van der Waals surface area contributed by atoms with Gasteiger partial charge in [-0.3, -0.25) is 14.5 Å². The Balaban J connectivity index is 1.81. The maximum atomic E-state index is 12.8. The number of ether oxygens (including phenoxy) is 1. The molecule has 1 unspecified atom stereocenters. The van der Waals surface area contributed by atoms with E-state index in [1.807, 2.05) is 36.4 Å². The van der Waals surface area contributed by atoms with Crippen LogP contribution >= 0.6 is 11.8 Å². The van der Waals surface area contributed by atoms with Gasteiger partial charge in [-0.2, -0.15) is 4.98 Å². The molecule has 1 aliphatic rings. The topological polar surface area (TPSA) is 97.3 Å². The van der Waals surface area contributed by atoms with E-state index in [1.54, 1.807) is 17.0 Å². The average molecular weight is 464 g/mol. The fourth-order valence-corrected chi connectivity index (χ4v) is 4.23. The van der Waals surface area contributed by atoms with Gasteiger partial charge in [-0.05, 0) is 24.1 Å². The predicted molar refractivity (Wildman–Crippen MR) is 128 cm³/mol.